The van der Waals surface area contributed by atoms with Crippen LogP contribution in [0.25, 0.3) is 16.5 Å². The van der Waals surface area contributed by atoms with E-state index in [0.717, 1.165) is 16.3 Å². The third kappa shape index (κ3) is 3.81. The fraction of sp³-hybridized carbons (Fsp3) is 0.167. The lowest BCUT2D eigenvalue weighted by Crippen LogP contribution is -2.30. The van der Waals surface area contributed by atoms with Crippen molar-refractivity contribution in [2.24, 2.45) is 0 Å². The molecule has 6 nitrogen and oxygen atoms in total. The molecule has 1 aliphatic rings. The Kier molecular flexibility index (Phi) is 6.02. The number of pyridine rings is 1. The number of ether oxygens (including phenoxy) is 1. The first-order valence-corrected chi connectivity index (χ1v) is 11.8. The van der Waals surface area contributed by atoms with Crippen LogP contribution >= 0.6 is 0 Å². The van der Waals surface area contributed by atoms with Gasteiger partial charge in [0.25, 0.3) is 11.7 Å². The van der Waals surface area contributed by atoms with E-state index >= 15 is 0 Å². The van der Waals surface area contributed by atoms with Crippen LogP contribution in [0.4, 0.5) is 5.69 Å². The molecule has 2 heterocycles. The van der Waals surface area contributed by atoms with E-state index in [9.17, 15) is 14.7 Å². The minimum Gasteiger partial charge on any atom is -0.507 e. The molecule has 1 atom stereocenters. The Bertz CT molecular complexity index is 1500. The van der Waals surface area contributed by atoms with Crippen molar-refractivity contribution in [1.29, 1.82) is 0 Å². The molecule has 1 N–H and O–H groups in total. The molecule has 0 spiro atoms. The molecular formula is C30H26N2O4. The van der Waals surface area contributed by atoms with Gasteiger partial charge in [-0.1, -0.05) is 56.3 Å². The Morgan fingerprint density at radius 2 is 1.72 bits per heavy atom. The summed E-state index contributed by atoms with van der Waals surface area (Å²) in [6, 6.07) is 23.0. The van der Waals surface area contributed by atoms with Crippen LogP contribution in [0.15, 0.2) is 90.6 Å². The number of anilines is 1. The van der Waals surface area contributed by atoms with Crippen molar-refractivity contribution in [1.82, 2.24) is 4.98 Å². The Hall–Kier alpha value is -4.45. The SMILES string of the molecule is COc1ccc(/C(O)=C2\C(=O)C(=O)N(c3cccc4ccccc34)C2c2ccccn2)cc1C(C)C. The van der Waals surface area contributed by atoms with Crippen molar-refractivity contribution in [3.63, 3.8) is 0 Å². The van der Waals surface area contributed by atoms with Crippen LogP contribution in [0.1, 0.15) is 42.6 Å². The van der Waals surface area contributed by atoms with E-state index in [2.05, 4.69) is 4.98 Å². The summed E-state index contributed by atoms with van der Waals surface area (Å²) in [6.07, 6.45) is 1.61. The molecular weight excluding hydrogens is 452 g/mol. The molecule has 1 amide bonds. The van der Waals surface area contributed by atoms with E-state index in [0.29, 0.717) is 22.7 Å². The molecule has 1 unspecified atom stereocenters. The Morgan fingerprint density at radius 3 is 2.44 bits per heavy atom. The highest BCUT2D eigenvalue weighted by atomic mass is 16.5. The molecule has 5 rings (SSSR count). The predicted octanol–water partition coefficient (Wildman–Crippen LogP) is 5.99. The van der Waals surface area contributed by atoms with Gasteiger partial charge < -0.3 is 9.84 Å². The summed E-state index contributed by atoms with van der Waals surface area (Å²) in [6.45, 7) is 4.05. The summed E-state index contributed by atoms with van der Waals surface area (Å²) in [5.74, 6) is -0.883. The maximum Gasteiger partial charge on any atom is 0.300 e. The lowest BCUT2D eigenvalue weighted by atomic mass is 9.94. The third-order valence-electron chi connectivity index (χ3n) is 6.56. The van der Waals surface area contributed by atoms with Crippen molar-refractivity contribution in [2.75, 3.05) is 12.0 Å². The van der Waals surface area contributed by atoms with E-state index in [4.69, 9.17) is 4.74 Å². The first kappa shape index (κ1) is 23.3. The van der Waals surface area contributed by atoms with E-state index in [1.807, 2.05) is 56.3 Å². The number of aliphatic hydroxyl groups excluding tert-OH is 1. The number of fused-ring (bicyclic) bond motifs is 1. The fourth-order valence-electron chi connectivity index (χ4n) is 4.81. The summed E-state index contributed by atoms with van der Waals surface area (Å²) in [5.41, 5.74) is 2.41. The van der Waals surface area contributed by atoms with Crippen molar-refractivity contribution in [3.05, 3.63) is 107 Å². The molecule has 0 saturated carbocycles. The smallest absolute Gasteiger partial charge is 0.300 e. The van der Waals surface area contributed by atoms with Gasteiger partial charge in [-0.05, 0) is 53.3 Å². The van der Waals surface area contributed by atoms with Crippen LogP contribution in [-0.4, -0.2) is 28.9 Å². The zero-order valence-electron chi connectivity index (χ0n) is 20.3. The molecule has 4 aromatic rings. The standard InChI is InChI=1S/C30H26N2O4/c1-18(2)22-17-20(14-15-25(22)36-3)28(33)26-27(23-12-6-7-16-31-23)32(30(35)29(26)34)24-13-8-10-19-9-4-5-11-21(19)24/h4-18,27,33H,1-3H3/b28-26+. The average Bonchev–Trinajstić information content (AvgIpc) is 3.18. The Labute approximate surface area is 209 Å². The van der Waals surface area contributed by atoms with Gasteiger partial charge in [-0.15, -0.1) is 0 Å². The summed E-state index contributed by atoms with van der Waals surface area (Å²) in [7, 11) is 1.59. The number of nitrogens with zero attached hydrogens (tertiary/aromatic N) is 2. The summed E-state index contributed by atoms with van der Waals surface area (Å²) >= 11 is 0. The van der Waals surface area contributed by atoms with Gasteiger partial charge in [0.2, 0.25) is 0 Å². The second-order valence-corrected chi connectivity index (χ2v) is 9.03. The van der Waals surface area contributed by atoms with Crippen molar-refractivity contribution >= 4 is 33.9 Å². The number of rotatable bonds is 5. The molecule has 0 radical (unpaired) electrons. The highest BCUT2D eigenvalue weighted by Crippen LogP contribution is 2.44. The monoisotopic (exact) mass is 478 g/mol. The minimum absolute atomic E-state index is 0.00603. The van der Waals surface area contributed by atoms with Gasteiger partial charge in [-0.25, -0.2) is 0 Å². The normalized spacial score (nSPS) is 17.2. The minimum atomic E-state index is -0.887. The predicted molar refractivity (Wildman–Crippen MR) is 140 cm³/mol. The number of hydrogen-bond acceptors (Lipinski definition) is 5. The van der Waals surface area contributed by atoms with Crippen LogP contribution in [0.2, 0.25) is 0 Å². The van der Waals surface area contributed by atoms with Gasteiger partial charge in [-0.2, -0.15) is 0 Å². The molecule has 3 aromatic carbocycles. The molecule has 180 valence electrons. The van der Waals surface area contributed by atoms with Gasteiger partial charge in [0, 0.05) is 17.1 Å². The zero-order chi connectivity index (χ0) is 25.4. The van der Waals surface area contributed by atoms with Crippen LogP contribution in [0.3, 0.4) is 0 Å². The number of amides is 1. The van der Waals surface area contributed by atoms with Crippen LogP contribution in [0, 0.1) is 0 Å². The van der Waals surface area contributed by atoms with Gasteiger partial charge >= 0.3 is 0 Å². The van der Waals surface area contributed by atoms with E-state index in [1.165, 1.54) is 4.90 Å². The van der Waals surface area contributed by atoms with Crippen molar-refractivity contribution in [2.45, 2.75) is 25.8 Å². The topological polar surface area (TPSA) is 79.7 Å². The number of carbonyl (C=O) groups excluding carboxylic acids is 2. The second kappa shape index (κ2) is 9.30. The van der Waals surface area contributed by atoms with Gasteiger partial charge in [-0.3, -0.25) is 19.5 Å². The molecule has 6 heteroatoms. The zero-order valence-corrected chi connectivity index (χ0v) is 20.3. The molecule has 1 aliphatic heterocycles. The van der Waals surface area contributed by atoms with Gasteiger partial charge in [0.05, 0.1) is 24.1 Å². The lowest BCUT2D eigenvalue weighted by Gasteiger charge is -2.26. The van der Waals surface area contributed by atoms with E-state index in [1.54, 1.807) is 49.7 Å². The number of carbonyl (C=O) groups is 2. The van der Waals surface area contributed by atoms with E-state index < -0.39 is 17.7 Å². The van der Waals surface area contributed by atoms with Crippen LogP contribution in [-0.2, 0) is 9.59 Å². The molecule has 0 bridgehead atoms. The lowest BCUT2D eigenvalue weighted by molar-refractivity contribution is -0.132. The molecule has 1 fully saturated rings. The Morgan fingerprint density at radius 1 is 0.972 bits per heavy atom. The molecule has 1 aromatic heterocycles. The number of aromatic nitrogens is 1. The summed E-state index contributed by atoms with van der Waals surface area (Å²) < 4.78 is 5.47. The van der Waals surface area contributed by atoms with E-state index in [-0.39, 0.29) is 17.3 Å². The quantitative estimate of drug-likeness (QED) is 0.216. The highest BCUT2D eigenvalue weighted by Gasteiger charge is 2.48. The first-order valence-electron chi connectivity index (χ1n) is 11.8. The maximum absolute atomic E-state index is 13.5. The first-order chi connectivity index (χ1) is 17.4. The Balaban J connectivity index is 1.76. The molecule has 36 heavy (non-hydrogen) atoms. The largest absolute Gasteiger partial charge is 0.507 e. The van der Waals surface area contributed by atoms with Crippen LogP contribution in [0.5, 0.6) is 5.75 Å². The van der Waals surface area contributed by atoms with Crippen molar-refractivity contribution < 1.29 is 19.4 Å². The number of benzene rings is 3. The van der Waals surface area contributed by atoms with Gasteiger partial charge in [0.15, 0.2) is 0 Å². The highest BCUT2D eigenvalue weighted by molar-refractivity contribution is 6.52. The summed E-state index contributed by atoms with van der Waals surface area (Å²) in [5, 5.41) is 13.3. The average molecular weight is 479 g/mol. The molecule has 0 aliphatic carbocycles. The number of aliphatic hydroxyl groups is 1. The summed E-state index contributed by atoms with van der Waals surface area (Å²) in [4.78, 5) is 33.0. The number of methoxy groups -OCH3 is 1. The number of ketones is 1. The number of hydrogen-bond donors (Lipinski definition) is 1. The third-order valence-corrected chi connectivity index (χ3v) is 6.56. The van der Waals surface area contributed by atoms with Crippen molar-refractivity contribution in [3.8, 4) is 5.75 Å². The maximum atomic E-state index is 13.5. The second-order valence-electron chi connectivity index (χ2n) is 9.03. The van der Waals surface area contributed by atoms with Gasteiger partial charge in [0.1, 0.15) is 17.6 Å². The fourth-order valence-corrected chi connectivity index (χ4v) is 4.81. The molecule has 1 saturated heterocycles. The van der Waals surface area contributed by atoms with Crippen LogP contribution < -0.4 is 9.64 Å². The number of Topliss-reactive ketones (excluding diaryl/α,β-unsaturated/α-hetero) is 1.